The molecule has 0 fully saturated rings. The first-order valence-corrected chi connectivity index (χ1v) is 7.69. The third-order valence-electron chi connectivity index (χ3n) is 2.77. The summed E-state index contributed by atoms with van der Waals surface area (Å²) in [6.45, 7) is 4.03. The Morgan fingerprint density at radius 1 is 1.33 bits per heavy atom. The summed E-state index contributed by atoms with van der Waals surface area (Å²) in [4.78, 5) is 1.65. The summed E-state index contributed by atoms with van der Waals surface area (Å²) in [5.74, 6) is 0. The standard InChI is InChI=1S/C15H22O2S/c1-3-5-9-15(12-13(16)4-2)18(17)14-10-7-6-8-11-14/h6-8,10-13,16H,3-5,9H2,1-2H3/b15-12-. The molecule has 0 aliphatic heterocycles. The molecule has 2 unspecified atom stereocenters. The van der Waals surface area contributed by atoms with E-state index in [9.17, 15) is 9.32 Å². The lowest BCUT2D eigenvalue weighted by Gasteiger charge is -2.10. The summed E-state index contributed by atoms with van der Waals surface area (Å²) in [5.41, 5.74) is 0. The van der Waals surface area contributed by atoms with Crippen molar-refractivity contribution in [3.63, 3.8) is 0 Å². The minimum atomic E-state index is -1.14. The Hall–Kier alpha value is -0.930. The molecule has 0 radical (unpaired) electrons. The third-order valence-corrected chi connectivity index (χ3v) is 4.29. The molecule has 0 bridgehead atoms. The first kappa shape index (κ1) is 15.1. The number of unbranched alkanes of at least 4 members (excludes halogenated alkanes) is 1. The van der Waals surface area contributed by atoms with Crippen LogP contribution in [0.4, 0.5) is 0 Å². The van der Waals surface area contributed by atoms with E-state index in [2.05, 4.69) is 6.92 Å². The molecule has 1 rings (SSSR count). The lowest BCUT2D eigenvalue weighted by atomic mass is 10.2. The van der Waals surface area contributed by atoms with E-state index in [1.807, 2.05) is 37.3 Å². The van der Waals surface area contributed by atoms with E-state index < -0.39 is 16.9 Å². The second kappa shape index (κ2) is 8.22. The zero-order chi connectivity index (χ0) is 13.4. The van der Waals surface area contributed by atoms with Gasteiger partial charge in [-0.2, -0.15) is 0 Å². The largest absolute Gasteiger partial charge is 0.389 e. The molecule has 1 aromatic rings. The van der Waals surface area contributed by atoms with Gasteiger partial charge in [-0.05, 0) is 37.5 Å². The minimum Gasteiger partial charge on any atom is -0.389 e. The maximum absolute atomic E-state index is 12.4. The predicted molar refractivity (Wildman–Crippen MR) is 76.8 cm³/mol. The first-order chi connectivity index (χ1) is 8.69. The van der Waals surface area contributed by atoms with Crippen molar-refractivity contribution in [2.24, 2.45) is 0 Å². The highest BCUT2D eigenvalue weighted by Crippen LogP contribution is 2.20. The van der Waals surface area contributed by atoms with Crippen molar-refractivity contribution in [2.75, 3.05) is 0 Å². The number of aliphatic hydroxyl groups is 1. The highest BCUT2D eigenvalue weighted by atomic mass is 32.2. The summed E-state index contributed by atoms with van der Waals surface area (Å²) in [6, 6.07) is 9.43. The molecular weight excluding hydrogens is 244 g/mol. The van der Waals surface area contributed by atoms with E-state index in [0.717, 1.165) is 29.1 Å². The van der Waals surface area contributed by atoms with Crippen molar-refractivity contribution in [1.82, 2.24) is 0 Å². The molecule has 0 spiro atoms. The highest BCUT2D eigenvalue weighted by Gasteiger charge is 2.11. The van der Waals surface area contributed by atoms with Gasteiger partial charge < -0.3 is 5.11 Å². The van der Waals surface area contributed by atoms with Gasteiger partial charge >= 0.3 is 0 Å². The summed E-state index contributed by atoms with van der Waals surface area (Å²) in [5, 5.41) is 9.71. The topological polar surface area (TPSA) is 37.3 Å². The van der Waals surface area contributed by atoms with Crippen LogP contribution in [0.1, 0.15) is 39.5 Å². The van der Waals surface area contributed by atoms with E-state index in [-0.39, 0.29) is 0 Å². The molecule has 18 heavy (non-hydrogen) atoms. The van der Waals surface area contributed by atoms with Crippen LogP contribution >= 0.6 is 0 Å². The summed E-state index contributed by atoms with van der Waals surface area (Å²) in [7, 11) is -1.14. The number of benzene rings is 1. The molecule has 0 amide bonds. The monoisotopic (exact) mass is 266 g/mol. The van der Waals surface area contributed by atoms with Crippen LogP contribution in [0.5, 0.6) is 0 Å². The predicted octanol–water partition coefficient (Wildman–Crippen LogP) is 3.64. The fourth-order valence-electron chi connectivity index (χ4n) is 1.62. The van der Waals surface area contributed by atoms with Gasteiger partial charge in [0.15, 0.2) is 0 Å². The van der Waals surface area contributed by atoms with Crippen LogP contribution in [0, 0.1) is 0 Å². The second-order valence-electron chi connectivity index (χ2n) is 4.29. The quantitative estimate of drug-likeness (QED) is 0.818. The van der Waals surface area contributed by atoms with Gasteiger partial charge in [0, 0.05) is 9.80 Å². The molecule has 2 nitrogen and oxygen atoms in total. The van der Waals surface area contributed by atoms with Crippen LogP contribution in [-0.2, 0) is 10.8 Å². The Balaban J connectivity index is 2.89. The van der Waals surface area contributed by atoms with Crippen molar-refractivity contribution in [3.05, 3.63) is 41.3 Å². The smallest absolute Gasteiger partial charge is 0.0806 e. The molecule has 0 aromatic heterocycles. The van der Waals surface area contributed by atoms with Gasteiger partial charge in [-0.15, -0.1) is 0 Å². The number of hydrogen-bond acceptors (Lipinski definition) is 2. The normalized spacial score (nSPS) is 15.4. The van der Waals surface area contributed by atoms with Crippen molar-refractivity contribution in [1.29, 1.82) is 0 Å². The molecular formula is C15H22O2S. The van der Waals surface area contributed by atoms with E-state index in [0.29, 0.717) is 6.42 Å². The van der Waals surface area contributed by atoms with Crippen LogP contribution in [0.2, 0.25) is 0 Å². The average molecular weight is 266 g/mol. The molecule has 0 saturated heterocycles. The third kappa shape index (κ3) is 4.75. The van der Waals surface area contributed by atoms with Gasteiger partial charge in [0.05, 0.1) is 16.9 Å². The lowest BCUT2D eigenvalue weighted by molar-refractivity contribution is 0.218. The molecule has 3 heteroatoms. The van der Waals surface area contributed by atoms with Crippen LogP contribution < -0.4 is 0 Å². The molecule has 100 valence electrons. The lowest BCUT2D eigenvalue weighted by Crippen LogP contribution is -2.05. The van der Waals surface area contributed by atoms with Crippen molar-refractivity contribution in [2.45, 2.75) is 50.5 Å². The number of allylic oxidation sites excluding steroid dienone is 1. The van der Waals surface area contributed by atoms with Gasteiger partial charge in [-0.25, -0.2) is 4.21 Å². The van der Waals surface area contributed by atoms with Gasteiger partial charge in [0.2, 0.25) is 0 Å². The Bertz CT molecular complexity index is 398. The molecule has 0 saturated carbocycles. The molecule has 2 atom stereocenters. The Kier molecular flexibility index (Phi) is 6.91. The Morgan fingerprint density at radius 2 is 2.00 bits per heavy atom. The van der Waals surface area contributed by atoms with Crippen molar-refractivity contribution < 1.29 is 9.32 Å². The van der Waals surface area contributed by atoms with Crippen molar-refractivity contribution >= 4 is 10.8 Å². The van der Waals surface area contributed by atoms with Crippen LogP contribution in [0.15, 0.2) is 46.2 Å². The van der Waals surface area contributed by atoms with Crippen LogP contribution in [0.3, 0.4) is 0 Å². The minimum absolute atomic E-state index is 0.496. The Morgan fingerprint density at radius 3 is 2.56 bits per heavy atom. The maximum atomic E-state index is 12.4. The van der Waals surface area contributed by atoms with E-state index >= 15 is 0 Å². The highest BCUT2D eigenvalue weighted by molar-refractivity contribution is 7.89. The molecule has 0 heterocycles. The second-order valence-corrected chi connectivity index (χ2v) is 5.83. The zero-order valence-electron chi connectivity index (χ0n) is 11.1. The molecule has 0 aliphatic carbocycles. The van der Waals surface area contributed by atoms with E-state index in [1.165, 1.54) is 0 Å². The fraction of sp³-hybridized carbons (Fsp3) is 0.467. The summed E-state index contributed by atoms with van der Waals surface area (Å²) in [6.07, 6.45) is 4.77. The van der Waals surface area contributed by atoms with E-state index in [4.69, 9.17) is 0 Å². The van der Waals surface area contributed by atoms with Gasteiger partial charge in [-0.1, -0.05) is 38.5 Å². The van der Waals surface area contributed by atoms with Gasteiger partial charge in [-0.3, -0.25) is 0 Å². The zero-order valence-corrected chi connectivity index (χ0v) is 12.0. The molecule has 0 aliphatic rings. The van der Waals surface area contributed by atoms with Crippen LogP contribution in [-0.4, -0.2) is 15.4 Å². The Labute approximate surface area is 112 Å². The van der Waals surface area contributed by atoms with E-state index in [1.54, 1.807) is 6.08 Å². The summed E-state index contributed by atoms with van der Waals surface area (Å²) >= 11 is 0. The SMILES string of the molecule is CCCC/C(=C/C(O)CC)S(=O)c1ccccc1. The van der Waals surface area contributed by atoms with Gasteiger partial charge in [0.1, 0.15) is 0 Å². The van der Waals surface area contributed by atoms with Crippen molar-refractivity contribution in [3.8, 4) is 0 Å². The number of hydrogen-bond donors (Lipinski definition) is 1. The van der Waals surface area contributed by atoms with Gasteiger partial charge in [0.25, 0.3) is 0 Å². The first-order valence-electron chi connectivity index (χ1n) is 6.54. The molecule has 1 aromatic carbocycles. The summed E-state index contributed by atoms with van der Waals surface area (Å²) < 4.78 is 12.4. The number of aliphatic hydroxyl groups excluding tert-OH is 1. The fourth-order valence-corrected chi connectivity index (χ4v) is 2.93. The maximum Gasteiger partial charge on any atom is 0.0806 e. The van der Waals surface area contributed by atoms with Crippen LogP contribution in [0.25, 0.3) is 0 Å². The molecule has 1 N–H and O–H groups in total. The number of rotatable bonds is 7. The average Bonchev–Trinajstić information content (AvgIpc) is 2.43.